The summed E-state index contributed by atoms with van der Waals surface area (Å²) in [4.78, 5) is 24.8. The Labute approximate surface area is 202 Å². The number of hydrogen-bond acceptors (Lipinski definition) is 6. The Morgan fingerprint density at radius 1 is 1.06 bits per heavy atom. The van der Waals surface area contributed by atoms with Crippen molar-refractivity contribution in [2.24, 2.45) is 0 Å². The van der Waals surface area contributed by atoms with Gasteiger partial charge in [0.1, 0.15) is 5.75 Å². The highest BCUT2D eigenvalue weighted by molar-refractivity contribution is 7.92. The number of rotatable bonds is 6. The molecule has 1 aliphatic heterocycles. The second-order valence-electron chi connectivity index (χ2n) is 7.35. The normalized spacial score (nSPS) is 15.1. The van der Waals surface area contributed by atoms with Crippen LogP contribution >= 0.6 is 11.6 Å². The van der Waals surface area contributed by atoms with Crippen molar-refractivity contribution in [1.29, 1.82) is 0 Å². The van der Waals surface area contributed by atoms with Crippen LogP contribution < -0.4 is 14.4 Å². The molecule has 8 nitrogen and oxygen atoms in total. The molecular formula is C24H21ClN2O6S. The Balaban J connectivity index is 1.57. The maximum absolute atomic E-state index is 13.4. The summed E-state index contributed by atoms with van der Waals surface area (Å²) in [6, 6.07) is 18.6. The van der Waals surface area contributed by atoms with Crippen LogP contribution in [0.15, 0.2) is 77.7 Å². The van der Waals surface area contributed by atoms with Gasteiger partial charge in [-0.3, -0.25) is 9.10 Å². The number of carbonyl (C=O) groups is 2. The van der Waals surface area contributed by atoms with Crippen LogP contribution in [0.3, 0.4) is 0 Å². The van der Waals surface area contributed by atoms with Gasteiger partial charge >= 0.3 is 5.97 Å². The lowest BCUT2D eigenvalue weighted by atomic mass is 10.2. The van der Waals surface area contributed by atoms with Gasteiger partial charge in [0.25, 0.3) is 15.9 Å². The zero-order chi connectivity index (χ0) is 24.3. The summed E-state index contributed by atoms with van der Waals surface area (Å²) in [6.07, 6.45) is -1.11. The quantitative estimate of drug-likeness (QED) is 0.511. The minimum Gasteiger partial charge on any atom is -0.476 e. The summed E-state index contributed by atoms with van der Waals surface area (Å²) >= 11 is 5.91. The van der Waals surface area contributed by atoms with Crippen molar-refractivity contribution in [2.75, 3.05) is 22.8 Å². The molecule has 34 heavy (non-hydrogen) atoms. The Bertz CT molecular complexity index is 1310. The second kappa shape index (κ2) is 9.74. The third-order valence-electron chi connectivity index (χ3n) is 5.09. The Morgan fingerprint density at radius 3 is 2.41 bits per heavy atom. The molecule has 1 atom stereocenters. The highest BCUT2D eigenvalue weighted by Gasteiger charge is 2.37. The fraction of sp³-hybridized carbons (Fsp3) is 0.167. The first-order valence-corrected chi connectivity index (χ1v) is 12.2. The minimum absolute atomic E-state index is 0.0438. The summed E-state index contributed by atoms with van der Waals surface area (Å²) in [7, 11) is -3.99. The molecule has 176 valence electrons. The van der Waals surface area contributed by atoms with Gasteiger partial charge in [-0.2, -0.15) is 0 Å². The summed E-state index contributed by atoms with van der Waals surface area (Å²) in [5, 5.41) is 3.11. The fourth-order valence-corrected chi connectivity index (χ4v) is 5.03. The van der Waals surface area contributed by atoms with E-state index in [0.29, 0.717) is 22.0 Å². The molecule has 0 unspecified atom stereocenters. The van der Waals surface area contributed by atoms with Gasteiger partial charge < -0.3 is 14.8 Å². The lowest BCUT2D eigenvalue weighted by Crippen LogP contribution is -2.48. The number of fused-ring (bicyclic) bond motifs is 1. The van der Waals surface area contributed by atoms with Gasteiger partial charge in [0.2, 0.25) is 0 Å². The lowest BCUT2D eigenvalue weighted by molar-refractivity contribution is -0.122. The van der Waals surface area contributed by atoms with Crippen LogP contribution in [0.2, 0.25) is 5.02 Å². The molecule has 0 saturated heterocycles. The van der Waals surface area contributed by atoms with E-state index in [2.05, 4.69) is 5.32 Å². The number of nitrogens with zero attached hydrogens (tertiary/aromatic N) is 1. The molecule has 1 aliphatic rings. The monoisotopic (exact) mass is 500 g/mol. The third-order valence-corrected chi connectivity index (χ3v) is 7.14. The number of anilines is 2. The van der Waals surface area contributed by atoms with Crippen molar-refractivity contribution >= 4 is 44.9 Å². The third kappa shape index (κ3) is 4.85. The molecule has 0 aliphatic carbocycles. The van der Waals surface area contributed by atoms with Crippen LogP contribution in [-0.2, 0) is 19.6 Å². The summed E-state index contributed by atoms with van der Waals surface area (Å²) in [6.45, 7) is 1.74. The second-order valence-corrected chi connectivity index (χ2v) is 9.65. The Hall–Kier alpha value is -3.56. The molecule has 1 heterocycles. The number of carbonyl (C=O) groups excluding carboxylic acids is 2. The van der Waals surface area contributed by atoms with Crippen molar-refractivity contribution in [3.8, 4) is 5.75 Å². The number of amides is 1. The van der Waals surface area contributed by atoms with E-state index < -0.39 is 28.0 Å². The molecule has 3 aromatic carbocycles. The van der Waals surface area contributed by atoms with Crippen LogP contribution in [-0.4, -0.2) is 39.5 Å². The van der Waals surface area contributed by atoms with E-state index in [1.54, 1.807) is 43.3 Å². The van der Waals surface area contributed by atoms with Gasteiger partial charge in [0.05, 0.1) is 29.3 Å². The first-order chi connectivity index (χ1) is 16.3. The number of para-hydroxylation sites is 2. The average Bonchev–Trinajstić information content (AvgIpc) is 2.84. The first-order valence-electron chi connectivity index (χ1n) is 10.4. The molecule has 0 radical (unpaired) electrons. The van der Waals surface area contributed by atoms with E-state index in [1.807, 2.05) is 0 Å². The van der Waals surface area contributed by atoms with Gasteiger partial charge in [-0.05, 0) is 67.6 Å². The van der Waals surface area contributed by atoms with Gasteiger partial charge in [-0.25, -0.2) is 13.2 Å². The summed E-state index contributed by atoms with van der Waals surface area (Å²) in [5.74, 6) is -0.727. The Morgan fingerprint density at radius 2 is 1.74 bits per heavy atom. The van der Waals surface area contributed by atoms with Crippen molar-refractivity contribution in [1.82, 2.24) is 0 Å². The van der Waals surface area contributed by atoms with Crippen LogP contribution in [0, 0.1) is 0 Å². The Kier molecular flexibility index (Phi) is 6.76. The van der Waals surface area contributed by atoms with E-state index >= 15 is 0 Å². The zero-order valence-electron chi connectivity index (χ0n) is 18.1. The first kappa shape index (κ1) is 23.6. The highest BCUT2D eigenvalue weighted by atomic mass is 35.5. The number of nitrogens with one attached hydrogen (secondary N) is 1. The molecule has 0 spiro atoms. The molecule has 0 bridgehead atoms. The zero-order valence-corrected chi connectivity index (χ0v) is 19.7. The molecule has 1 N–H and O–H groups in total. The number of benzene rings is 3. The van der Waals surface area contributed by atoms with Crippen molar-refractivity contribution in [3.05, 3.63) is 83.4 Å². The molecule has 4 rings (SSSR count). The van der Waals surface area contributed by atoms with Gasteiger partial charge in [-0.1, -0.05) is 23.7 Å². The van der Waals surface area contributed by atoms with Crippen LogP contribution in [0.4, 0.5) is 11.4 Å². The van der Waals surface area contributed by atoms with Crippen molar-refractivity contribution < 1.29 is 27.5 Å². The van der Waals surface area contributed by atoms with E-state index in [-0.39, 0.29) is 23.8 Å². The fourth-order valence-electron chi connectivity index (χ4n) is 3.43. The van der Waals surface area contributed by atoms with Gasteiger partial charge in [0.15, 0.2) is 6.10 Å². The molecule has 1 amide bonds. The smallest absolute Gasteiger partial charge is 0.338 e. The molecule has 10 heteroatoms. The largest absolute Gasteiger partial charge is 0.476 e. The number of ether oxygens (including phenoxy) is 2. The van der Waals surface area contributed by atoms with E-state index in [9.17, 15) is 18.0 Å². The molecular weight excluding hydrogens is 480 g/mol. The average molecular weight is 501 g/mol. The van der Waals surface area contributed by atoms with Crippen molar-refractivity contribution in [2.45, 2.75) is 17.9 Å². The molecule has 3 aromatic rings. The van der Waals surface area contributed by atoms with Crippen LogP contribution in [0.1, 0.15) is 17.3 Å². The predicted octanol–water partition coefficient (Wildman–Crippen LogP) is 4.11. The summed E-state index contributed by atoms with van der Waals surface area (Å²) in [5.41, 5.74) is 1.11. The van der Waals surface area contributed by atoms with Crippen LogP contribution in [0.25, 0.3) is 0 Å². The molecule has 0 fully saturated rings. The standard InChI is InChI=1S/C24H21ClN2O6S/c1-2-32-24(29)16-7-11-18(12-8-16)26-23(28)22-15-27(20-5-3-4-6-21(20)33-22)34(30,31)19-13-9-17(25)10-14-19/h3-14,22H,2,15H2,1H3,(H,26,28)/t22-/m1/s1. The number of sulfonamides is 1. The van der Waals surface area contributed by atoms with Crippen molar-refractivity contribution in [3.63, 3.8) is 0 Å². The number of halogens is 1. The van der Waals surface area contributed by atoms with Gasteiger partial charge in [0, 0.05) is 10.7 Å². The topological polar surface area (TPSA) is 102 Å². The SMILES string of the molecule is CCOC(=O)c1ccc(NC(=O)[C@H]2CN(S(=O)(=O)c3ccc(Cl)cc3)c3ccccc3O2)cc1. The minimum atomic E-state index is -3.99. The predicted molar refractivity (Wildman–Crippen MR) is 128 cm³/mol. The van der Waals surface area contributed by atoms with E-state index in [0.717, 1.165) is 4.31 Å². The van der Waals surface area contributed by atoms with Crippen LogP contribution in [0.5, 0.6) is 5.75 Å². The molecule has 0 aromatic heterocycles. The van der Waals surface area contributed by atoms with E-state index in [1.165, 1.54) is 36.4 Å². The van der Waals surface area contributed by atoms with Gasteiger partial charge in [-0.15, -0.1) is 0 Å². The maximum atomic E-state index is 13.4. The number of esters is 1. The summed E-state index contributed by atoms with van der Waals surface area (Å²) < 4.78 is 38.7. The number of hydrogen-bond donors (Lipinski definition) is 1. The van der Waals surface area contributed by atoms with E-state index in [4.69, 9.17) is 21.1 Å². The lowest BCUT2D eigenvalue weighted by Gasteiger charge is -2.34. The highest BCUT2D eigenvalue weighted by Crippen LogP contribution is 2.37. The molecule has 0 saturated carbocycles. The maximum Gasteiger partial charge on any atom is 0.338 e.